The highest BCUT2D eigenvalue weighted by atomic mass is 16.4. The van der Waals surface area contributed by atoms with E-state index in [0.29, 0.717) is 6.42 Å². The van der Waals surface area contributed by atoms with E-state index >= 15 is 0 Å². The number of aliphatic carboxylic acids is 1. The maximum atomic E-state index is 12.2. The van der Waals surface area contributed by atoms with Gasteiger partial charge in [0.2, 0.25) is 0 Å². The van der Waals surface area contributed by atoms with Crippen LogP contribution in [-0.2, 0) is 9.59 Å². The Morgan fingerprint density at radius 2 is 2.24 bits per heavy atom. The Morgan fingerprint density at radius 3 is 2.82 bits per heavy atom. The molecule has 0 bridgehead atoms. The first-order chi connectivity index (χ1) is 7.97. The molecular formula is C11H16N2O4. The third kappa shape index (κ3) is 1.77. The number of carboxylic acids is 1. The molecule has 1 saturated heterocycles. The van der Waals surface area contributed by atoms with Crippen LogP contribution in [0.5, 0.6) is 0 Å². The van der Waals surface area contributed by atoms with Gasteiger partial charge in [-0.25, -0.2) is 4.79 Å². The van der Waals surface area contributed by atoms with Gasteiger partial charge in [-0.05, 0) is 18.8 Å². The standard InChI is InChI=1S/C11H16N2O4/c1-7-4-2-3-5-11(7)9(16)13(6-8(14)15)10(17)12-11/h7H,2-6H2,1H3,(H,12,17)(H,14,15). The number of nitrogens with zero attached hydrogens (tertiary/aromatic N) is 1. The first kappa shape index (κ1) is 11.9. The van der Waals surface area contributed by atoms with Gasteiger partial charge in [-0.2, -0.15) is 0 Å². The summed E-state index contributed by atoms with van der Waals surface area (Å²) in [6, 6.07) is -0.578. The van der Waals surface area contributed by atoms with Crippen molar-refractivity contribution in [3.05, 3.63) is 0 Å². The van der Waals surface area contributed by atoms with E-state index in [2.05, 4.69) is 5.32 Å². The van der Waals surface area contributed by atoms with Crippen LogP contribution in [0.2, 0.25) is 0 Å². The fourth-order valence-corrected chi connectivity index (χ4v) is 2.77. The summed E-state index contributed by atoms with van der Waals surface area (Å²) in [4.78, 5) is 35.3. The van der Waals surface area contributed by atoms with Gasteiger partial charge < -0.3 is 10.4 Å². The minimum atomic E-state index is -1.17. The lowest BCUT2D eigenvalue weighted by Crippen LogP contribution is -2.54. The van der Waals surface area contributed by atoms with E-state index in [9.17, 15) is 14.4 Å². The molecule has 94 valence electrons. The molecule has 2 unspecified atom stereocenters. The van der Waals surface area contributed by atoms with Crippen LogP contribution >= 0.6 is 0 Å². The average molecular weight is 240 g/mol. The van der Waals surface area contributed by atoms with E-state index in [1.54, 1.807) is 0 Å². The quantitative estimate of drug-likeness (QED) is 0.691. The number of hydrogen-bond donors (Lipinski definition) is 2. The van der Waals surface area contributed by atoms with Crippen molar-refractivity contribution in [2.24, 2.45) is 5.92 Å². The van der Waals surface area contributed by atoms with Gasteiger partial charge in [0.25, 0.3) is 5.91 Å². The van der Waals surface area contributed by atoms with Gasteiger partial charge in [0.05, 0.1) is 0 Å². The van der Waals surface area contributed by atoms with Crippen LogP contribution in [0.4, 0.5) is 4.79 Å². The zero-order valence-electron chi connectivity index (χ0n) is 9.73. The highest BCUT2D eigenvalue weighted by Crippen LogP contribution is 2.37. The minimum absolute atomic E-state index is 0.0616. The molecule has 6 heteroatoms. The van der Waals surface area contributed by atoms with E-state index in [0.717, 1.165) is 24.2 Å². The van der Waals surface area contributed by atoms with Crippen molar-refractivity contribution in [2.45, 2.75) is 38.1 Å². The Kier molecular flexibility index (Phi) is 2.81. The third-order valence-electron chi connectivity index (χ3n) is 3.79. The summed E-state index contributed by atoms with van der Waals surface area (Å²) >= 11 is 0. The first-order valence-corrected chi connectivity index (χ1v) is 5.83. The van der Waals surface area contributed by atoms with E-state index in [1.165, 1.54) is 0 Å². The van der Waals surface area contributed by atoms with Crippen LogP contribution in [-0.4, -0.2) is 40.0 Å². The SMILES string of the molecule is CC1CCCCC12NC(=O)N(CC(=O)O)C2=O. The molecular weight excluding hydrogens is 224 g/mol. The predicted octanol–water partition coefficient (Wildman–Crippen LogP) is 0.572. The number of hydrogen-bond acceptors (Lipinski definition) is 3. The van der Waals surface area contributed by atoms with Gasteiger partial charge in [0, 0.05) is 0 Å². The molecule has 2 N–H and O–H groups in total. The predicted molar refractivity (Wildman–Crippen MR) is 58.2 cm³/mol. The van der Waals surface area contributed by atoms with Gasteiger partial charge in [-0.1, -0.05) is 19.8 Å². The summed E-state index contributed by atoms with van der Waals surface area (Å²) < 4.78 is 0. The van der Waals surface area contributed by atoms with Crippen molar-refractivity contribution in [3.63, 3.8) is 0 Å². The second kappa shape index (κ2) is 4.01. The van der Waals surface area contributed by atoms with E-state index < -0.39 is 24.1 Å². The van der Waals surface area contributed by atoms with Crippen LogP contribution in [0.25, 0.3) is 0 Å². The number of imide groups is 1. The number of rotatable bonds is 2. The Bertz CT molecular complexity index is 382. The molecule has 2 rings (SSSR count). The summed E-state index contributed by atoms with van der Waals surface area (Å²) in [5.74, 6) is -1.49. The molecule has 6 nitrogen and oxygen atoms in total. The number of carboxylic acid groups (broad SMARTS) is 1. The van der Waals surface area contributed by atoms with Gasteiger partial charge in [0.1, 0.15) is 12.1 Å². The number of amides is 3. The smallest absolute Gasteiger partial charge is 0.325 e. The van der Waals surface area contributed by atoms with Crippen LogP contribution in [0, 0.1) is 5.92 Å². The second-order valence-electron chi connectivity index (χ2n) is 4.83. The molecule has 0 aromatic rings. The molecule has 0 aromatic heterocycles. The van der Waals surface area contributed by atoms with E-state index in [1.807, 2.05) is 6.92 Å². The zero-order chi connectivity index (χ0) is 12.6. The zero-order valence-corrected chi connectivity index (χ0v) is 9.73. The molecule has 0 aromatic carbocycles. The monoisotopic (exact) mass is 240 g/mol. The van der Waals surface area contributed by atoms with Gasteiger partial charge in [-0.3, -0.25) is 14.5 Å². The Morgan fingerprint density at radius 1 is 1.53 bits per heavy atom. The van der Waals surface area contributed by atoms with Gasteiger partial charge in [-0.15, -0.1) is 0 Å². The van der Waals surface area contributed by atoms with E-state index in [4.69, 9.17) is 5.11 Å². The molecule has 1 aliphatic carbocycles. The summed E-state index contributed by atoms with van der Waals surface area (Å²) in [5, 5.41) is 11.4. The fourth-order valence-electron chi connectivity index (χ4n) is 2.77. The molecule has 2 fully saturated rings. The molecule has 2 aliphatic rings. The Hall–Kier alpha value is -1.59. The molecule has 0 radical (unpaired) electrons. The number of carbonyl (C=O) groups excluding carboxylic acids is 2. The van der Waals surface area contributed by atoms with Crippen molar-refractivity contribution in [3.8, 4) is 0 Å². The molecule has 1 saturated carbocycles. The summed E-state index contributed by atoms with van der Waals surface area (Å²) in [7, 11) is 0. The highest BCUT2D eigenvalue weighted by molar-refractivity contribution is 6.08. The van der Waals surface area contributed by atoms with Crippen molar-refractivity contribution in [1.29, 1.82) is 0 Å². The van der Waals surface area contributed by atoms with Crippen molar-refractivity contribution in [2.75, 3.05) is 6.54 Å². The largest absolute Gasteiger partial charge is 0.480 e. The van der Waals surface area contributed by atoms with Crippen molar-refractivity contribution in [1.82, 2.24) is 10.2 Å². The lowest BCUT2D eigenvalue weighted by molar-refractivity contribution is -0.143. The number of urea groups is 1. The molecule has 2 atom stereocenters. The van der Waals surface area contributed by atoms with Crippen molar-refractivity contribution < 1.29 is 19.5 Å². The van der Waals surface area contributed by atoms with Crippen LogP contribution in [0.15, 0.2) is 0 Å². The Labute approximate surface area is 99.0 Å². The number of nitrogens with one attached hydrogen (secondary N) is 1. The minimum Gasteiger partial charge on any atom is -0.480 e. The maximum absolute atomic E-state index is 12.2. The lowest BCUT2D eigenvalue weighted by atomic mass is 9.73. The molecule has 1 spiro atoms. The summed E-state index contributed by atoms with van der Waals surface area (Å²) in [5.41, 5.74) is -0.856. The summed E-state index contributed by atoms with van der Waals surface area (Å²) in [6.07, 6.45) is 3.42. The second-order valence-corrected chi connectivity index (χ2v) is 4.83. The Balaban J connectivity index is 2.24. The van der Waals surface area contributed by atoms with Crippen LogP contribution in [0.3, 0.4) is 0 Å². The van der Waals surface area contributed by atoms with Gasteiger partial charge >= 0.3 is 12.0 Å². The lowest BCUT2D eigenvalue weighted by Gasteiger charge is -2.36. The van der Waals surface area contributed by atoms with Crippen LogP contribution in [0.1, 0.15) is 32.6 Å². The molecule has 1 aliphatic heterocycles. The molecule has 17 heavy (non-hydrogen) atoms. The normalized spacial score (nSPS) is 33.0. The number of carbonyl (C=O) groups is 3. The fraction of sp³-hybridized carbons (Fsp3) is 0.727. The molecule has 3 amide bonds. The first-order valence-electron chi connectivity index (χ1n) is 5.83. The average Bonchev–Trinajstić information content (AvgIpc) is 2.48. The van der Waals surface area contributed by atoms with Crippen LogP contribution < -0.4 is 5.32 Å². The van der Waals surface area contributed by atoms with Crippen molar-refractivity contribution >= 4 is 17.9 Å². The highest BCUT2D eigenvalue weighted by Gasteiger charge is 2.55. The maximum Gasteiger partial charge on any atom is 0.325 e. The molecule has 1 heterocycles. The topological polar surface area (TPSA) is 86.7 Å². The van der Waals surface area contributed by atoms with E-state index in [-0.39, 0.29) is 11.8 Å². The van der Waals surface area contributed by atoms with Gasteiger partial charge in [0.15, 0.2) is 0 Å². The summed E-state index contributed by atoms with van der Waals surface area (Å²) in [6.45, 7) is 1.38. The third-order valence-corrected chi connectivity index (χ3v) is 3.79.